The first-order valence-electron chi connectivity index (χ1n) is 6.49. The molecule has 0 aliphatic carbocycles. The fourth-order valence-corrected chi connectivity index (χ4v) is 0.607. The SMILES string of the molecule is CC(CN)C(=O)O.NCCCC(=O)O.NCCCC(=O)O. The van der Waals surface area contributed by atoms with Crippen molar-refractivity contribution < 1.29 is 29.7 Å². The number of rotatable bonds is 8. The van der Waals surface area contributed by atoms with Crippen LogP contribution in [0.25, 0.3) is 0 Å². The van der Waals surface area contributed by atoms with Crippen molar-refractivity contribution in [1.82, 2.24) is 0 Å². The molecule has 9 N–H and O–H groups in total. The van der Waals surface area contributed by atoms with Gasteiger partial charge >= 0.3 is 17.9 Å². The molecule has 0 amide bonds. The van der Waals surface area contributed by atoms with E-state index in [4.69, 9.17) is 32.5 Å². The molecule has 0 saturated heterocycles. The van der Waals surface area contributed by atoms with Crippen LogP contribution in [0.2, 0.25) is 0 Å². The Bertz CT molecular complexity index is 268. The van der Waals surface area contributed by atoms with Gasteiger partial charge in [-0.15, -0.1) is 0 Å². The molecule has 0 rings (SSSR count). The van der Waals surface area contributed by atoms with Crippen molar-refractivity contribution in [2.45, 2.75) is 32.6 Å². The maximum atomic E-state index is 9.85. The number of aliphatic carboxylic acids is 3. The Balaban J connectivity index is -0.000000231. The summed E-state index contributed by atoms with van der Waals surface area (Å²) in [4.78, 5) is 29.3. The molecule has 0 aliphatic rings. The summed E-state index contributed by atoms with van der Waals surface area (Å²) in [5, 5.41) is 24.1. The van der Waals surface area contributed by atoms with Crippen LogP contribution in [0.4, 0.5) is 0 Å². The van der Waals surface area contributed by atoms with Gasteiger partial charge in [0.15, 0.2) is 0 Å². The fraction of sp³-hybridized carbons (Fsp3) is 0.750. The van der Waals surface area contributed by atoms with Gasteiger partial charge in [0.1, 0.15) is 0 Å². The van der Waals surface area contributed by atoms with E-state index in [9.17, 15) is 14.4 Å². The third kappa shape index (κ3) is 32.1. The molecule has 0 radical (unpaired) electrons. The zero-order chi connectivity index (χ0) is 17.3. The molecule has 0 aromatic carbocycles. The summed E-state index contributed by atoms with van der Waals surface area (Å²) in [6.07, 6.45) is 1.54. The Labute approximate surface area is 124 Å². The first-order valence-corrected chi connectivity index (χ1v) is 6.49. The van der Waals surface area contributed by atoms with Crippen LogP contribution in [0.3, 0.4) is 0 Å². The van der Waals surface area contributed by atoms with Gasteiger partial charge in [0.25, 0.3) is 0 Å². The molecule has 0 heterocycles. The molecule has 0 aromatic heterocycles. The summed E-state index contributed by atoms with van der Waals surface area (Å²) in [7, 11) is 0. The number of nitrogens with two attached hydrogens (primary N) is 3. The van der Waals surface area contributed by atoms with Crippen LogP contribution >= 0.6 is 0 Å². The number of carbonyl (C=O) groups is 3. The van der Waals surface area contributed by atoms with Gasteiger partial charge in [0.2, 0.25) is 0 Å². The molecule has 0 saturated carbocycles. The van der Waals surface area contributed by atoms with Crippen LogP contribution in [-0.2, 0) is 14.4 Å². The Kier molecular flexibility index (Phi) is 21.2. The van der Waals surface area contributed by atoms with Gasteiger partial charge in [-0.1, -0.05) is 6.92 Å². The zero-order valence-corrected chi connectivity index (χ0v) is 12.3. The van der Waals surface area contributed by atoms with Crippen molar-refractivity contribution in [3.8, 4) is 0 Å². The topological polar surface area (TPSA) is 190 Å². The second kappa shape index (κ2) is 18.3. The van der Waals surface area contributed by atoms with E-state index < -0.39 is 23.8 Å². The number of hydrogen-bond donors (Lipinski definition) is 6. The van der Waals surface area contributed by atoms with Gasteiger partial charge in [0, 0.05) is 19.4 Å². The molecular weight excluding hydrogens is 282 g/mol. The van der Waals surface area contributed by atoms with Gasteiger partial charge in [-0.2, -0.15) is 0 Å². The van der Waals surface area contributed by atoms with Crippen LogP contribution in [0, 0.1) is 5.92 Å². The smallest absolute Gasteiger partial charge is 0.307 e. The van der Waals surface area contributed by atoms with Gasteiger partial charge < -0.3 is 32.5 Å². The summed E-state index contributed by atoms with van der Waals surface area (Å²) in [6, 6.07) is 0. The highest BCUT2D eigenvalue weighted by Crippen LogP contribution is 1.87. The Hall–Kier alpha value is -1.71. The van der Waals surface area contributed by atoms with E-state index in [0.717, 1.165) is 0 Å². The van der Waals surface area contributed by atoms with E-state index in [-0.39, 0.29) is 19.4 Å². The molecule has 9 heteroatoms. The minimum Gasteiger partial charge on any atom is -0.481 e. The lowest BCUT2D eigenvalue weighted by molar-refractivity contribution is -0.141. The van der Waals surface area contributed by atoms with E-state index >= 15 is 0 Å². The molecular formula is C12H27N3O6. The zero-order valence-electron chi connectivity index (χ0n) is 12.3. The van der Waals surface area contributed by atoms with Crippen LogP contribution in [-0.4, -0.2) is 52.9 Å². The average molecular weight is 309 g/mol. The van der Waals surface area contributed by atoms with Crippen LogP contribution in [0.15, 0.2) is 0 Å². The second-order valence-electron chi connectivity index (χ2n) is 4.05. The summed E-state index contributed by atoms with van der Waals surface area (Å²) < 4.78 is 0. The van der Waals surface area contributed by atoms with Crippen molar-refractivity contribution in [2.24, 2.45) is 23.1 Å². The lowest BCUT2D eigenvalue weighted by atomic mass is 10.2. The number of hydrogen-bond acceptors (Lipinski definition) is 6. The summed E-state index contributed by atoms with van der Waals surface area (Å²) >= 11 is 0. The minimum absolute atomic E-state index is 0.191. The van der Waals surface area contributed by atoms with Gasteiger partial charge in [-0.25, -0.2) is 0 Å². The first-order chi connectivity index (χ1) is 9.72. The van der Waals surface area contributed by atoms with Gasteiger partial charge in [0.05, 0.1) is 5.92 Å². The molecule has 0 bridgehead atoms. The molecule has 0 aromatic rings. The van der Waals surface area contributed by atoms with E-state index in [1.165, 1.54) is 0 Å². The Morgan fingerprint density at radius 1 is 0.857 bits per heavy atom. The first kappa shape index (κ1) is 24.3. The largest absolute Gasteiger partial charge is 0.481 e. The van der Waals surface area contributed by atoms with Crippen molar-refractivity contribution in [2.75, 3.05) is 19.6 Å². The molecule has 1 atom stereocenters. The maximum absolute atomic E-state index is 9.85. The normalized spacial score (nSPS) is 10.3. The lowest BCUT2D eigenvalue weighted by Crippen LogP contribution is -2.19. The molecule has 0 fully saturated rings. The highest BCUT2D eigenvalue weighted by atomic mass is 16.4. The lowest BCUT2D eigenvalue weighted by Gasteiger charge is -1.96. The van der Waals surface area contributed by atoms with Crippen molar-refractivity contribution in [3.05, 3.63) is 0 Å². The number of carboxylic acid groups (broad SMARTS) is 3. The van der Waals surface area contributed by atoms with Gasteiger partial charge in [-0.05, 0) is 25.9 Å². The van der Waals surface area contributed by atoms with E-state index in [2.05, 4.69) is 0 Å². The molecule has 0 aliphatic heterocycles. The van der Waals surface area contributed by atoms with Crippen molar-refractivity contribution >= 4 is 17.9 Å². The highest BCUT2D eigenvalue weighted by molar-refractivity contribution is 5.69. The highest BCUT2D eigenvalue weighted by Gasteiger charge is 2.05. The molecule has 0 spiro atoms. The summed E-state index contributed by atoms with van der Waals surface area (Å²) in [5.74, 6) is -2.78. The predicted octanol–water partition coefficient (Wildman–Crippen LogP) is -0.714. The number of carboxylic acids is 3. The van der Waals surface area contributed by atoms with Gasteiger partial charge in [-0.3, -0.25) is 14.4 Å². The van der Waals surface area contributed by atoms with E-state index in [1.54, 1.807) is 6.92 Å². The van der Waals surface area contributed by atoms with Crippen LogP contribution in [0.5, 0.6) is 0 Å². The predicted molar refractivity (Wildman–Crippen MR) is 77.7 cm³/mol. The average Bonchev–Trinajstić information content (AvgIpc) is 2.43. The second-order valence-corrected chi connectivity index (χ2v) is 4.05. The minimum atomic E-state index is -0.831. The molecule has 9 nitrogen and oxygen atoms in total. The quantitative estimate of drug-likeness (QED) is 0.336. The summed E-state index contributed by atoms with van der Waals surface area (Å²) in [6.45, 7) is 2.72. The van der Waals surface area contributed by atoms with E-state index in [1.807, 2.05) is 0 Å². The fourth-order valence-electron chi connectivity index (χ4n) is 0.607. The summed E-state index contributed by atoms with van der Waals surface area (Å²) in [5.41, 5.74) is 15.0. The van der Waals surface area contributed by atoms with E-state index in [0.29, 0.717) is 25.9 Å². The third-order valence-electron chi connectivity index (χ3n) is 1.96. The van der Waals surface area contributed by atoms with Crippen LogP contribution < -0.4 is 17.2 Å². The molecule has 126 valence electrons. The molecule has 1 unspecified atom stereocenters. The standard InChI is InChI=1S/3C4H9NO2/c1-3(2-5)4(6)7;2*5-3-1-2-4(6)7/h3H,2,5H2,1H3,(H,6,7);2*1-3,5H2,(H,6,7). The van der Waals surface area contributed by atoms with Crippen molar-refractivity contribution in [3.63, 3.8) is 0 Å². The van der Waals surface area contributed by atoms with Crippen molar-refractivity contribution in [1.29, 1.82) is 0 Å². The van der Waals surface area contributed by atoms with Crippen LogP contribution in [0.1, 0.15) is 32.6 Å². The Morgan fingerprint density at radius 3 is 1.24 bits per heavy atom. The molecule has 21 heavy (non-hydrogen) atoms. The maximum Gasteiger partial charge on any atom is 0.307 e. The Morgan fingerprint density at radius 2 is 1.19 bits per heavy atom. The monoisotopic (exact) mass is 309 g/mol. The third-order valence-corrected chi connectivity index (χ3v) is 1.96.